The van der Waals surface area contributed by atoms with E-state index in [-0.39, 0.29) is 11.6 Å². The standard InChI is InChI=1S/C26H22F3N3O5S2/c1-25(2)18-19(22(35)32(21(18)34)15-7-9-16(37-3)10-8-15)38-23-20(25)39-24(36)31(23)12-17(33)30-14-6-4-5-13(11-14)26(27,28)29/h4-11,18-19H,12H2,1-3H3,(H,30,33)/t18-,19+/m1/s1. The van der Waals surface area contributed by atoms with Crippen LogP contribution in [0.25, 0.3) is 0 Å². The molecule has 39 heavy (non-hydrogen) atoms. The van der Waals surface area contributed by atoms with Gasteiger partial charge in [0, 0.05) is 16.0 Å². The van der Waals surface area contributed by atoms with E-state index in [0.29, 0.717) is 21.3 Å². The molecular formula is C26H22F3N3O5S2. The SMILES string of the molecule is COc1ccc(N2C(=O)[C@H]3Sc4c(sc(=O)n4CC(=O)Nc4cccc(C(F)(F)F)c4)C(C)(C)[C@H]3C2=O)cc1. The van der Waals surface area contributed by atoms with Gasteiger partial charge in [-0.2, -0.15) is 13.2 Å². The van der Waals surface area contributed by atoms with Crippen LogP contribution in [0.4, 0.5) is 24.5 Å². The molecule has 0 bridgehead atoms. The molecule has 1 N–H and O–H groups in total. The fourth-order valence-corrected chi connectivity index (χ4v) is 7.91. The average molecular weight is 578 g/mol. The number of imide groups is 1. The number of nitrogens with one attached hydrogen (secondary N) is 1. The van der Waals surface area contributed by atoms with Crippen molar-refractivity contribution < 1.29 is 32.3 Å². The van der Waals surface area contributed by atoms with E-state index in [1.807, 2.05) is 0 Å². The van der Waals surface area contributed by atoms with Gasteiger partial charge >= 0.3 is 11.0 Å². The molecule has 8 nitrogen and oxygen atoms in total. The molecule has 1 fully saturated rings. The summed E-state index contributed by atoms with van der Waals surface area (Å²) < 4.78 is 45.5. The minimum atomic E-state index is -4.58. The molecule has 2 aliphatic rings. The molecule has 1 saturated heterocycles. The smallest absolute Gasteiger partial charge is 0.416 e. The molecule has 204 valence electrons. The molecule has 2 aromatic carbocycles. The lowest BCUT2D eigenvalue weighted by molar-refractivity contribution is -0.137. The van der Waals surface area contributed by atoms with Gasteiger partial charge in [0.2, 0.25) is 17.7 Å². The van der Waals surface area contributed by atoms with Crippen molar-refractivity contribution in [3.05, 3.63) is 68.6 Å². The number of hydrogen-bond donors (Lipinski definition) is 1. The Kier molecular flexibility index (Phi) is 6.62. The number of carbonyl (C=O) groups is 3. The number of carbonyl (C=O) groups excluding carboxylic acids is 3. The van der Waals surface area contributed by atoms with E-state index < -0.39 is 51.6 Å². The number of thiazole rings is 1. The minimum Gasteiger partial charge on any atom is -0.497 e. The summed E-state index contributed by atoms with van der Waals surface area (Å²) in [6.07, 6.45) is -4.58. The topological polar surface area (TPSA) is 97.7 Å². The lowest BCUT2D eigenvalue weighted by Crippen LogP contribution is -2.41. The van der Waals surface area contributed by atoms with Gasteiger partial charge < -0.3 is 10.1 Å². The molecule has 3 aromatic rings. The Morgan fingerprint density at radius 1 is 1.08 bits per heavy atom. The molecular weight excluding hydrogens is 555 g/mol. The first-order valence-corrected chi connectivity index (χ1v) is 13.4. The third-order valence-corrected chi connectivity index (χ3v) is 9.63. The van der Waals surface area contributed by atoms with Crippen molar-refractivity contribution in [2.45, 2.75) is 42.3 Å². The van der Waals surface area contributed by atoms with E-state index in [1.165, 1.54) is 23.8 Å². The largest absolute Gasteiger partial charge is 0.497 e. The maximum atomic E-state index is 13.5. The molecule has 2 aliphatic heterocycles. The third-order valence-electron chi connectivity index (χ3n) is 6.81. The van der Waals surface area contributed by atoms with Gasteiger partial charge in [-0.3, -0.25) is 23.7 Å². The Hall–Kier alpha value is -3.58. The van der Waals surface area contributed by atoms with Crippen LogP contribution < -0.4 is 19.8 Å². The van der Waals surface area contributed by atoms with Gasteiger partial charge in [-0.05, 0) is 42.5 Å². The Bertz CT molecular complexity index is 1550. The van der Waals surface area contributed by atoms with Crippen LogP contribution in [0.15, 0.2) is 58.4 Å². The zero-order chi connectivity index (χ0) is 28.3. The molecule has 5 rings (SSSR count). The fourth-order valence-electron chi connectivity index (χ4n) is 4.87. The van der Waals surface area contributed by atoms with Crippen molar-refractivity contribution in [3.8, 4) is 5.75 Å². The summed E-state index contributed by atoms with van der Waals surface area (Å²) in [5.74, 6) is -1.69. The quantitative estimate of drug-likeness (QED) is 0.448. The first-order chi connectivity index (χ1) is 18.3. The number of rotatable bonds is 5. The van der Waals surface area contributed by atoms with E-state index >= 15 is 0 Å². The van der Waals surface area contributed by atoms with Crippen molar-refractivity contribution in [3.63, 3.8) is 0 Å². The molecule has 3 heterocycles. The van der Waals surface area contributed by atoms with E-state index in [0.717, 1.165) is 40.1 Å². The zero-order valence-corrected chi connectivity index (χ0v) is 22.5. The number of fused-ring (bicyclic) bond motifs is 2. The normalized spacial score (nSPS) is 20.0. The van der Waals surface area contributed by atoms with Crippen molar-refractivity contribution >= 4 is 52.2 Å². The van der Waals surface area contributed by atoms with E-state index in [4.69, 9.17) is 4.74 Å². The first kappa shape index (κ1) is 27.0. The van der Waals surface area contributed by atoms with Crippen LogP contribution in [0.3, 0.4) is 0 Å². The highest BCUT2D eigenvalue weighted by Crippen LogP contribution is 2.54. The molecule has 0 unspecified atom stereocenters. The van der Waals surface area contributed by atoms with Gasteiger partial charge in [0.05, 0.1) is 29.3 Å². The van der Waals surface area contributed by atoms with Crippen LogP contribution in [-0.4, -0.2) is 34.6 Å². The van der Waals surface area contributed by atoms with E-state index in [1.54, 1.807) is 38.1 Å². The maximum absolute atomic E-state index is 13.5. The van der Waals surface area contributed by atoms with Crippen LogP contribution in [-0.2, 0) is 32.5 Å². The van der Waals surface area contributed by atoms with Crippen molar-refractivity contribution in [1.82, 2.24) is 4.57 Å². The Balaban J connectivity index is 1.43. The molecule has 3 amide bonds. The highest BCUT2D eigenvalue weighted by Gasteiger charge is 2.59. The lowest BCUT2D eigenvalue weighted by Gasteiger charge is -2.36. The number of aromatic nitrogens is 1. The highest BCUT2D eigenvalue weighted by molar-refractivity contribution is 8.00. The Morgan fingerprint density at radius 3 is 2.41 bits per heavy atom. The number of ether oxygens (including phenoxy) is 1. The van der Waals surface area contributed by atoms with Crippen LogP contribution in [0.5, 0.6) is 5.75 Å². The second-order valence-electron chi connectivity index (χ2n) is 9.66. The number of halogens is 3. The number of nitrogens with zero attached hydrogens (tertiary/aromatic N) is 2. The summed E-state index contributed by atoms with van der Waals surface area (Å²) in [5, 5.41) is 1.98. The van der Waals surface area contributed by atoms with E-state index in [9.17, 15) is 32.3 Å². The second-order valence-corrected chi connectivity index (χ2v) is 11.8. The van der Waals surface area contributed by atoms with Gasteiger partial charge in [-0.15, -0.1) is 0 Å². The molecule has 0 spiro atoms. The minimum absolute atomic E-state index is 0.0632. The molecule has 0 radical (unpaired) electrons. The number of methoxy groups -OCH3 is 1. The highest BCUT2D eigenvalue weighted by atomic mass is 32.2. The number of thioether (sulfide) groups is 1. The molecule has 0 saturated carbocycles. The molecule has 13 heteroatoms. The van der Waals surface area contributed by atoms with Gasteiger partial charge in [-0.1, -0.05) is 43.0 Å². The summed E-state index contributed by atoms with van der Waals surface area (Å²) in [5.41, 5.74) is -1.48. The summed E-state index contributed by atoms with van der Waals surface area (Å²) in [7, 11) is 1.51. The van der Waals surface area contributed by atoms with Crippen LogP contribution in [0.1, 0.15) is 24.3 Å². The number of hydrogen-bond acceptors (Lipinski definition) is 7. The van der Waals surface area contributed by atoms with Crippen molar-refractivity contribution in [1.29, 1.82) is 0 Å². The van der Waals surface area contributed by atoms with Gasteiger partial charge in [0.15, 0.2) is 0 Å². The predicted molar refractivity (Wildman–Crippen MR) is 140 cm³/mol. The predicted octanol–water partition coefficient (Wildman–Crippen LogP) is 4.52. The van der Waals surface area contributed by atoms with Gasteiger partial charge in [0.25, 0.3) is 0 Å². The Morgan fingerprint density at radius 2 is 1.77 bits per heavy atom. The second kappa shape index (κ2) is 9.56. The van der Waals surface area contributed by atoms with Gasteiger partial charge in [-0.25, -0.2) is 4.90 Å². The fraction of sp³-hybridized carbons (Fsp3) is 0.308. The monoisotopic (exact) mass is 577 g/mol. The number of anilines is 2. The molecule has 1 aromatic heterocycles. The molecule has 2 atom stereocenters. The lowest BCUT2D eigenvalue weighted by atomic mass is 9.76. The summed E-state index contributed by atoms with van der Waals surface area (Å²) >= 11 is 1.95. The summed E-state index contributed by atoms with van der Waals surface area (Å²) in [6, 6.07) is 10.7. The third kappa shape index (κ3) is 4.63. The number of alkyl halides is 3. The van der Waals surface area contributed by atoms with Crippen LogP contribution in [0.2, 0.25) is 0 Å². The Labute approximate surface area is 228 Å². The van der Waals surface area contributed by atoms with Crippen LogP contribution >= 0.6 is 23.1 Å². The van der Waals surface area contributed by atoms with E-state index in [2.05, 4.69) is 5.32 Å². The van der Waals surface area contributed by atoms with Crippen molar-refractivity contribution in [2.24, 2.45) is 5.92 Å². The summed E-state index contributed by atoms with van der Waals surface area (Å²) in [6.45, 7) is 3.11. The van der Waals surface area contributed by atoms with Crippen molar-refractivity contribution in [2.75, 3.05) is 17.3 Å². The first-order valence-electron chi connectivity index (χ1n) is 11.7. The number of amides is 3. The molecule has 0 aliphatic carbocycles. The average Bonchev–Trinajstić information content (AvgIpc) is 3.32. The summed E-state index contributed by atoms with van der Waals surface area (Å²) in [4.78, 5) is 54.0. The van der Waals surface area contributed by atoms with Crippen LogP contribution in [0, 0.1) is 5.92 Å². The maximum Gasteiger partial charge on any atom is 0.416 e. The van der Waals surface area contributed by atoms with Gasteiger partial charge in [0.1, 0.15) is 17.5 Å². The number of benzene rings is 2. The zero-order valence-electron chi connectivity index (χ0n) is 20.9.